The van der Waals surface area contributed by atoms with Crippen LogP contribution in [0.3, 0.4) is 0 Å². The van der Waals surface area contributed by atoms with Crippen molar-refractivity contribution in [3.63, 3.8) is 0 Å². The van der Waals surface area contributed by atoms with Gasteiger partial charge in [-0.15, -0.1) is 0 Å². The monoisotopic (exact) mass is 366 g/mol. The van der Waals surface area contributed by atoms with E-state index in [1.807, 2.05) is 4.72 Å². The van der Waals surface area contributed by atoms with Crippen LogP contribution in [0.5, 0.6) is 0 Å². The molecule has 6 nitrogen and oxygen atoms in total. The van der Waals surface area contributed by atoms with Crippen molar-refractivity contribution in [1.82, 2.24) is 9.78 Å². The van der Waals surface area contributed by atoms with Crippen LogP contribution >= 0.6 is 15.9 Å². The van der Waals surface area contributed by atoms with Gasteiger partial charge in [0.25, 0.3) is 10.0 Å². The molecule has 0 unspecified atom stereocenters. The lowest BCUT2D eigenvalue weighted by molar-refractivity contribution is 0.582. The van der Waals surface area contributed by atoms with Gasteiger partial charge in [0.15, 0.2) is 17.5 Å². The number of hydrogen-bond acceptors (Lipinski definition) is 4. The Morgan fingerprint density at radius 3 is 2.35 bits per heavy atom. The first-order valence-corrected chi connectivity index (χ1v) is 7.45. The Hall–Kier alpha value is -1.68. The van der Waals surface area contributed by atoms with Crippen LogP contribution in [0.4, 0.5) is 20.3 Å². The minimum Gasteiger partial charge on any atom is -0.381 e. The van der Waals surface area contributed by atoms with Crippen LogP contribution in [-0.4, -0.2) is 18.2 Å². The fraction of sp³-hybridized carbons (Fsp3) is 0.100. The van der Waals surface area contributed by atoms with Crippen molar-refractivity contribution < 1.29 is 17.2 Å². The van der Waals surface area contributed by atoms with Crippen molar-refractivity contribution in [3.05, 3.63) is 34.4 Å². The summed E-state index contributed by atoms with van der Waals surface area (Å²) >= 11 is 2.90. The van der Waals surface area contributed by atoms with E-state index in [2.05, 4.69) is 21.0 Å². The maximum atomic E-state index is 13.6. The molecule has 2 aromatic rings. The maximum absolute atomic E-state index is 13.6. The van der Waals surface area contributed by atoms with Gasteiger partial charge < -0.3 is 5.73 Å². The van der Waals surface area contributed by atoms with E-state index in [4.69, 9.17) is 5.73 Å². The molecule has 10 heteroatoms. The van der Waals surface area contributed by atoms with Crippen LogP contribution < -0.4 is 10.5 Å². The smallest absolute Gasteiger partial charge is 0.267 e. The van der Waals surface area contributed by atoms with Gasteiger partial charge in [-0.1, -0.05) is 15.9 Å². The van der Waals surface area contributed by atoms with Crippen molar-refractivity contribution in [2.75, 3.05) is 10.5 Å². The third kappa shape index (κ3) is 2.75. The van der Waals surface area contributed by atoms with Crippen LogP contribution in [0.2, 0.25) is 0 Å². The second kappa shape index (κ2) is 5.02. The molecule has 1 aromatic heterocycles. The second-order valence-corrected chi connectivity index (χ2v) is 6.47. The van der Waals surface area contributed by atoms with E-state index in [-0.39, 0.29) is 15.2 Å². The summed E-state index contributed by atoms with van der Waals surface area (Å²) < 4.78 is 54.4. The summed E-state index contributed by atoms with van der Waals surface area (Å²) in [6.07, 6.45) is 1.13. The molecule has 0 bridgehead atoms. The molecular weight excluding hydrogens is 358 g/mol. The van der Waals surface area contributed by atoms with Crippen molar-refractivity contribution in [1.29, 1.82) is 0 Å². The summed E-state index contributed by atoms with van der Waals surface area (Å²) in [5, 5.41) is 3.66. The van der Waals surface area contributed by atoms with E-state index in [1.54, 1.807) is 0 Å². The quantitative estimate of drug-likeness (QED) is 0.867. The largest absolute Gasteiger partial charge is 0.381 e. The van der Waals surface area contributed by atoms with Gasteiger partial charge in [-0.25, -0.2) is 17.2 Å². The molecular formula is C10H9BrF2N4O2S. The number of nitrogens with one attached hydrogen (secondary N) is 1. The zero-order valence-corrected chi connectivity index (χ0v) is 12.5. The Bertz CT molecular complexity index is 753. The number of anilines is 2. The van der Waals surface area contributed by atoms with E-state index in [1.165, 1.54) is 11.7 Å². The first-order valence-electron chi connectivity index (χ1n) is 5.17. The Morgan fingerprint density at radius 1 is 1.35 bits per heavy atom. The molecule has 1 heterocycles. The lowest BCUT2D eigenvalue weighted by Gasteiger charge is -2.09. The van der Waals surface area contributed by atoms with E-state index < -0.39 is 27.3 Å². The van der Waals surface area contributed by atoms with Gasteiger partial charge in [-0.2, -0.15) is 5.10 Å². The number of hydrogen-bond donors (Lipinski definition) is 2. The van der Waals surface area contributed by atoms with Crippen LogP contribution in [-0.2, 0) is 17.1 Å². The molecule has 0 saturated carbocycles. The molecule has 20 heavy (non-hydrogen) atoms. The Kier molecular flexibility index (Phi) is 3.69. The van der Waals surface area contributed by atoms with Gasteiger partial charge in [0.1, 0.15) is 10.6 Å². The number of rotatable bonds is 3. The number of aromatic nitrogens is 2. The summed E-state index contributed by atoms with van der Waals surface area (Å²) in [4.78, 5) is -0.360. The van der Waals surface area contributed by atoms with Crippen LogP contribution in [0.25, 0.3) is 0 Å². The zero-order chi connectivity index (χ0) is 15.1. The number of nitrogens with zero attached hydrogens (tertiary/aromatic N) is 2. The van der Waals surface area contributed by atoms with Crippen LogP contribution in [0, 0.1) is 11.6 Å². The molecule has 0 atom stereocenters. The summed E-state index contributed by atoms with van der Waals surface area (Å²) in [5.41, 5.74) is 4.65. The number of sulfonamides is 1. The lowest BCUT2D eigenvalue weighted by Crippen LogP contribution is -2.16. The molecule has 1 aromatic carbocycles. The summed E-state index contributed by atoms with van der Waals surface area (Å²) in [6.45, 7) is 0. The molecule has 0 aliphatic carbocycles. The highest BCUT2D eigenvalue weighted by atomic mass is 79.9. The standard InChI is InChI=1S/C10H9BrF2N4O2S/c1-17-4-8(10(14)15-17)20(18,19)16-9-6(12)2-5(11)3-7(9)13/h2-4,16H,1H3,(H2,14,15). The highest BCUT2D eigenvalue weighted by Crippen LogP contribution is 2.27. The van der Waals surface area contributed by atoms with Crippen molar-refractivity contribution >= 4 is 37.5 Å². The summed E-state index contributed by atoms with van der Waals surface area (Å²) in [6, 6.07) is 1.88. The zero-order valence-electron chi connectivity index (χ0n) is 10.1. The molecule has 3 N–H and O–H groups in total. The average Bonchev–Trinajstić information content (AvgIpc) is 2.64. The summed E-state index contributed by atoms with van der Waals surface area (Å²) in [7, 11) is -2.77. The van der Waals surface area contributed by atoms with E-state index in [0.29, 0.717) is 0 Å². The van der Waals surface area contributed by atoms with Gasteiger partial charge in [0.2, 0.25) is 0 Å². The number of benzene rings is 1. The number of nitrogen functional groups attached to an aromatic ring is 1. The van der Waals surface area contributed by atoms with Crippen LogP contribution in [0.1, 0.15) is 0 Å². The highest BCUT2D eigenvalue weighted by molar-refractivity contribution is 9.10. The summed E-state index contributed by atoms with van der Waals surface area (Å²) in [5.74, 6) is -2.37. The maximum Gasteiger partial charge on any atom is 0.267 e. The molecule has 0 amide bonds. The minimum atomic E-state index is -4.23. The molecule has 0 saturated heterocycles. The Morgan fingerprint density at radius 2 is 1.90 bits per heavy atom. The molecule has 0 radical (unpaired) electrons. The van der Waals surface area contributed by atoms with Crippen molar-refractivity contribution in [2.24, 2.45) is 7.05 Å². The normalized spacial score (nSPS) is 11.6. The first kappa shape index (κ1) is 14.7. The molecule has 108 valence electrons. The molecule has 2 rings (SSSR count). The first-order chi connectivity index (χ1) is 9.20. The second-order valence-electron chi connectivity index (χ2n) is 3.90. The van der Waals surface area contributed by atoms with Crippen molar-refractivity contribution in [3.8, 4) is 0 Å². The Labute approximate surface area is 121 Å². The molecule has 0 spiro atoms. The number of aryl methyl sites for hydroxylation is 1. The number of nitrogens with two attached hydrogens (primary N) is 1. The van der Waals surface area contributed by atoms with Gasteiger partial charge >= 0.3 is 0 Å². The van der Waals surface area contributed by atoms with Gasteiger partial charge in [-0.05, 0) is 12.1 Å². The predicted molar refractivity (Wildman–Crippen MR) is 72.5 cm³/mol. The van der Waals surface area contributed by atoms with E-state index in [0.717, 1.165) is 18.3 Å². The molecule has 0 fully saturated rings. The SMILES string of the molecule is Cn1cc(S(=O)(=O)Nc2c(F)cc(Br)cc2F)c(N)n1. The van der Waals surface area contributed by atoms with Gasteiger partial charge in [0, 0.05) is 17.7 Å². The number of halogens is 3. The fourth-order valence-corrected chi connectivity index (χ4v) is 3.10. The minimum absolute atomic E-state index is 0.149. The molecule has 0 aliphatic rings. The van der Waals surface area contributed by atoms with Gasteiger partial charge in [-0.3, -0.25) is 9.40 Å². The van der Waals surface area contributed by atoms with Crippen molar-refractivity contribution in [2.45, 2.75) is 4.90 Å². The lowest BCUT2D eigenvalue weighted by atomic mass is 10.3. The van der Waals surface area contributed by atoms with E-state index in [9.17, 15) is 17.2 Å². The topological polar surface area (TPSA) is 90.0 Å². The van der Waals surface area contributed by atoms with E-state index >= 15 is 0 Å². The highest BCUT2D eigenvalue weighted by Gasteiger charge is 2.24. The third-order valence-electron chi connectivity index (χ3n) is 2.35. The Balaban J connectivity index is 2.46. The van der Waals surface area contributed by atoms with Gasteiger partial charge in [0.05, 0.1) is 0 Å². The average molecular weight is 367 g/mol. The fourth-order valence-electron chi connectivity index (χ4n) is 1.52. The predicted octanol–water partition coefficient (Wildman–Crippen LogP) is 1.84. The molecule has 0 aliphatic heterocycles. The third-order valence-corrected chi connectivity index (χ3v) is 4.18. The van der Waals surface area contributed by atoms with Crippen LogP contribution in [0.15, 0.2) is 27.7 Å².